The van der Waals surface area contributed by atoms with Crippen molar-refractivity contribution in [2.24, 2.45) is 0 Å². The second-order valence-corrected chi connectivity index (χ2v) is 7.77. The second kappa shape index (κ2) is 7.46. The number of hydrogen-bond acceptors (Lipinski definition) is 4. The first kappa shape index (κ1) is 18.4. The van der Waals surface area contributed by atoms with Crippen molar-refractivity contribution >= 4 is 5.97 Å². The minimum atomic E-state index is -0.212. The summed E-state index contributed by atoms with van der Waals surface area (Å²) in [7, 11) is 1.45. The van der Waals surface area contributed by atoms with Crippen molar-refractivity contribution in [3.05, 3.63) is 34.4 Å². The molecule has 0 amide bonds. The predicted molar refractivity (Wildman–Crippen MR) is 97.3 cm³/mol. The smallest absolute Gasteiger partial charge is 0.333 e. The Labute approximate surface area is 150 Å². The molecule has 138 valence electrons. The van der Waals surface area contributed by atoms with E-state index in [1.807, 2.05) is 6.08 Å². The molecular formula is C21H30O4. The fourth-order valence-corrected chi connectivity index (χ4v) is 3.93. The normalized spacial score (nSPS) is 37.8. The maximum Gasteiger partial charge on any atom is 0.333 e. The van der Waals surface area contributed by atoms with Crippen LogP contribution in [0.5, 0.6) is 0 Å². The SMILES string of the molecule is COC(=O)/C1=C/CC/C(C)=C/[C@@H]2OCC(C)=C2CC[C@]2(C)O[C@@H]2CC1. The number of carbonyl (C=O) groups is 1. The van der Waals surface area contributed by atoms with Gasteiger partial charge < -0.3 is 14.2 Å². The van der Waals surface area contributed by atoms with Crippen LogP contribution < -0.4 is 0 Å². The molecule has 3 rings (SSSR count). The Morgan fingerprint density at radius 2 is 2.08 bits per heavy atom. The number of rotatable bonds is 1. The molecule has 25 heavy (non-hydrogen) atoms. The first-order valence-corrected chi connectivity index (χ1v) is 9.35. The molecule has 3 atom stereocenters. The van der Waals surface area contributed by atoms with Crippen molar-refractivity contribution in [3.63, 3.8) is 0 Å². The van der Waals surface area contributed by atoms with Crippen LogP contribution in [-0.4, -0.2) is 37.5 Å². The summed E-state index contributed by atoms with van der Waals surface area (Å²) in [6.07, 6.45) is 10.0. The first-order valence-electron chi connectivity index (χ1n) is 9.35. The lowest BCUT2D eigenvalue weighted by Gasteiger charge is -2.15. The minimum Gasteiger partial charge on any atom is -0.466 e. The predicted octanol–water partition coefficient (Wildman–Crippen LogP) is 4.26. The van der Waals surface area contributed by atoms with Crippen LogP contribution in [0.3, 0.4) is 0 Å². The molecule has 0 bridgehead atoms. The zero-order valence-corrected chi connectivity index (χ0v) is 15.9. The molecule has 0 aromatic rings. The highest BCUT2D eigenvalue weighted by Gasteiger charge is 2.51. The number of fused-ring (bicyclic) bond motifs is 2. The van der Waals surface area contributed by atoms with E-state index in [2.05, 4.69) is 26.8 Å². The van der Waals surface area contributed by atoms with Crippen LogP contribution >= 0.6 is 0 Å². The molecule has 0 aromatic heterocycles. The Balaban J connectivity index is 1.80. The van der Waals surface area contributed by atoms with E-state index < -0.39 is 0 Å². The van der Waals surface area contributed by atoms with Crippen LogP contribution in [0.4, 0.5) is 0 Å². The molecule has 0 N–H and O–H groups in total. The van der Waals surface area contributed by atoms with Gasteiger partial charge in [0.1, 0.15) is 0 Å². The van der Waals surface area contributed by atoms with Gasteiger partial charge in [-0.15, -0.1) is 0 Å². The molecular weight excluding hydrogens is 316 g/mol. The molecule has 0 spiro atoms. The Morgan fingerprint density at radius 3 is 2.84 bits per heavy atom. The molecule has 1 aliphatic carbocycles. The summed E-state index contributed by atoms with van der Waals surface area (Å²) in [6.45, 7) is 7.25. The van der Waals surface area contributed by atoms with Gasteiger partial charge in [0.2, 0.25) is 0 Å². The van der Waals surface area contributed by atoms with Gasteiger partial charge >= 0.3 is 5.97 Å². The Kier molecular flexibility index (Phi) is 5.49. The minimum absolute atomic E-state index is 0.0650. The lowest BCUT2D eigenvalue weighted by molar-refractivity contribution is -0.136. The summed E-state index contributed by atoms with van der Waals surface area (Å²) in [5.74, 6) is -0.212. The van der Waals surface area contributed by atoms with Crippen molar-refractivity contribution < 1.29 is 19.0 Å². The lowest BCUT2D eigenvalue weighted by Crippen LogP contribution is -2.15. The zero-order valence-electron chi connectivity index (χ0n) is 15.9. The van der Waals surface area contributed by atoms with Gasteiger partial charge in [-0.2, -0.15) is 0 Å². The summed E-state index contributed by atoms with van der Waals surface area (Å²) < 4.78 is 16.9. The largest absolute Gasteiger partial charge is 0.466 e. The Bertz CT molecular complexity index is 628. The fourth-order valence-electron chi connectivity index (χ4n) is 3.93. The zero-order chi connectivity index (χ0) is 18.0. The van der Waals surface area contributed by atoms with E-state index in [1.165, 1.54) is 23.8 Å². The topological polar surface area (TPSA) is 48.1 Å². The van der Waals surface area contributed by atoms with Gasteiger partial charge in [-0.3, -0.25) is 0 Å². The molecule has 2 aliphatic heterocycles. The maximum atomic E-state index is 12.0. The van der Waals surface area contributed by atoms with Crippen LogP contribution in [0.1, 0.15) is 59.3 Å². The number of allylic oxidation sites excluding steroid dienone is 2. The average Bonchev–Trinajstić information content (AvgIpc) is 3.10. The molecule has 0 unspecified atom stereocenters. The highest BCUT2D eigenvalue weighted by molar-refractivity contribution is 5.88. The van der Waals surface area contributed by atoms with E-state index in [4.69, 9.17) is 14.2 Å². The van der Waals surface area contributed by atoms with Crippen LogP contribution in [0, 0.1) is 0 Å². The molecule has 4 nitrogen and oxygen atoms in total. The first-order chi connectivity index (χ1) is 11.9. The quantitative estimate of drug-likeness (QED) is 0.404. The Hall–Kier alpha value is -1.39. The Morgan fingerprint density at radius 1 is 1.28 bits per heavy atom. The summed E-state index contributed by atoms with van der Waals surface area (Å²) in [4.78, 5) is 12.0. The number of epoxide rings is 1. The van der Waals surface area contributed by atoms with Gasteiger partial charge in [0, 0.05) is 5.57 Å². The third-order valence-electron chi connectivity index (χ3n) is 5.79. The van der Waals surface area contributed by atoms with E-state index in [1.54, 1.807) is 0 Å². The number of ether oxygens (including phenoxy) is 3. The molecule has 1 saturated heterocycles. The molecule has 0 radical (unpaired) electrons. The van der Waals surface area contributed by atoms with Gasteiger partial charge in [0.25, 0.3) is 0 Å². The average molecular weight is 346 g/mol. The fraction of sp³-hybridized carbons (Fsp3) is 0.667. The molecule has 3 aliphatic rings. The van der Waals surface area contributed by atoms with Crippen LogP contribution in [0.2, 0.25) is 0 Å². The van der Waals surface area contributed by atoms with Crippen LogP contribution in [0.15, 0.2) is 34.4 Å². The molecule has 2 heterocycles. The molecule has 0 aromatic carbocycles. The number of methoxy groups -OCH3 is 1. The second-order valence-electron chi connectivity index (χ2n) is 7.77. The van der Waals surface area contributed by atoms with Gasteiger partial charge in [-0.1, -0.05) is 17.7 Å². The van der Waals surface area contributed by atoms with Crippen molar-refractivity contribution in [1.82, 2.24) is 0 Å². The van der Waals surface area contributed by atoms with Crippen molar-refractivity contribution in [2.75, 3.05) is 13.7 Å². The lowest BCUT2D eigenvalue weighted by atomic mass is 9.90. The molecule has 0 saturated carbocycles. The highest BCUT2D eigenvalue weighted by atomic mass is 16.6. The highest BCUT2D eigenvalue weighted by Crippen LogP contribution is 2.45. The van der Waals surface area contributed by atoms with E-state index in [0.29, 0.717) is 0 Å². The van der Waals surface area contributed by atoms with E-state index >= 15 is 0 Å². The monoisotopic (exact) mass is 346 g/mol. The van der Waals surface area contributed by atoms with Crippen LogP contribution in [-0.2, 0) is 19.0 Å². The van der Waals surface area contributed by atoms with E-state index in [-0.39, 0.29) is 23.8 Å². The van der Waals surface area contributed by atoms with E-state index in [0.717, 1.165) is 50.7 Å². The number of carbonyl (C=O) groups excluding carboxylic acids is 1. The summed E-state index contributed by atoms with van der Waals surface area (Å²) in [6, 6.07) is 0. The molecule has 1 fully saturated rings. The van der Waals surface area contributed by atoms with Crippen molar-refractivity contribution in [1.29, 1.82) is 0 Å². The van der Waals surface area contributed by atoms with Gasteiger partial charge in [0.05, 0.1) is 31.5 Å². The van der Waals surface area contributed by atoms with Gasteiger partial charge in [-0.05, 0) is 70.4 Å². The van der Waals surface area contributed by atoms with Crippen molar-refractivity contribution in [3.8, 4) is 0 Å². The number of hydrogen-bond donors (Lipinski definition) is 0. The molecule has 4 heteroatoms. The van der Waals surface area contributed by atoms with Gasteiger partial charge in [0.15, 0.2) is 0 Å². The maximum absolute atomic E-state index is 12.0. The summed E-state index contributed by atoms with van der Waals surface area (Å²) in [5.41, 5.74) is 4.82. The van der Waals surface area contributed by atoms with Gasteiger partial charge in [-0.25, -0.2) is 4.79 Å². The van der Waals surface area contributed by atoms with Crippen LogP contribution in [0.25, 0.3) is 0 Å². The summed E-state index contributed by atoms with van der Waals surface area (Å²) >= 11 is 0. The standard InChI is InChI=1S/C21H30O4/c1-14-6-5-7-16(20(22)23-4)8-9-19-21(3,25-19)11-10-17-15(2)13-24-18(17)12-14/h7,12,18-19H,5-6,8-11,13H2,1-4H3/b14-12+,16-7+/t18-,19+,21-/m0/s1. The summed E-state index contributed by atoms with van der Waals surface area (Å²) in [5, 5.41) is 0. The van der Waals surface area contributed by atoms with E-state index in [9.17, 15) is 4.79 Å². The third-order valence-corrected chi connectivity index (χ3v) is 5.79. The van der Waals surface area contributed by atoms with Crippen molar-refractivity contribution in [2.45, 2.75) is 77.1 Å². The third kappa shape index (κ3) is 4.24. The number of esters is 1.